The van der Waals surface area contributed by atoms with Crippen molar-refractivity contribution >= 4 is 29.3 Å². The molecule has 0 rings (SSSR count). The lowest BCUT2D eigenvalue weighted by molar-refractivity contribution is 0.0681. The molecule has 0 N–H and O–H groups in total. The van der Waals surface area contributed by atoms with E-state index < -0.39 is 16.6 Å². The van der Waals surface area contributed by atoms with Crippen molar-refractivity contribution in [1.82, 2.24) is 4.90 Å². The molecule has 0 aromatic heterocycles. The molecule has 0 heterocycles. The Bertz CT molecular complexity index is 650. The van der Waals surface area contributed by atoms with Gasteiger partial charge in [-0.25, -0.2) is 0 Å². The molecule has 0 bridgehead atoms. The molecule has 2 unspecified atom stereocenters. The zero-order chi connectivity index (χ0) is 35.1. The Morgan fingerprint density at radius 2 is 0.826 bits per heavy atom. The van der Waals surface area contributed by atoms with Crippen LogP contribution in [0.1, 0.15) is 184 Å². The highest BCUT2D eigenvalue weighted by Crippen LogP contribution is 2.39. The second-order valence-corrected chi connectivity index (χ2v) is 27.7. The first-order valence-electron chi connectivity index (χ1n) is 20.2. The highest BCUT2D eigenvalue weighted by atomic mass is 32.1. The first kappa shape index (κ1) is 46.7. The topological polar surface area (TPSA) is 21.7 Å². The first-order valence-corrected chi connectivity index (χ1v) is 26.6. The lowest BCUT2D eigenvalue weighted by Crippen LogP contribution is -2.50. The van der Waals surface area contributed by atoms with Crippen LogP contribution in [0.3, 0.4) is 0 Å². The summed E-state index contributed by atoms with van der Waals surface area (Å²) >= 11 is 4.57. The van der Waals surface area contributed by atoms with Crippen molar-refractivity contribution in [2.75, 3.05) is 25.4 Å². The maximum absolute atomic E-state index is 7.24. The molecule has 0 fully saturated rings. The summed E-state index contributed by atoms with van der Waals surface area (Å²) in [5, 5.41) is 0.456. The van der Waals surface area contributed by atoms with Crippen molar-refractivity contribution in [3.63, 3.8) is 0 Å². The SMILES string of the molecule is CCCCCCCCCCC(CN(CCCCS)CC(CCCCCCCCCC)O[Si](C)(C)C(C)(C)C)O[Si](C)(C)C(C)(C)C. The summed E-state index contributed by atoms with van der Waals surface area (Å²) < 4.78 is 14.5. The number of nitrogens with zero attached hydrogens (tertiary/aromatic N) is 1. The summed E-state index contributed by atoms with van der Waals surface area (Å²) in [5.41, 5.74) is 0. The van der Waals surface area contributed by atoms with E-state index in [1.165, 1.54) is 128 Å². The van der Waals surface area contributed by atoms with Crippen molar-refractivity contribution in [2.45, 2.75) is 232 Å². The van der Waals surface area contributed by atoms with Gasteiger partial charge in [0.1, 0.15) is 0 Å². The molecule has 2 atom stereocenters. The monoisotopic (exact) mass is 702 g/mol. The number of thiol groups is 1. The third-order valence-electron chi connectivity index (χ3n) is 11.1. The molecule has 0 saturated carbocycles. The number of unbranched alkanes of at least 4 members (excludes halogenated alkanes) is 15. The van der Waals surface area contributed by atoms with Crippen LogP contribution in [0.5, 0.6) is 0 Å². The van der Waals surface area contributed by atoms with Gasteiger partial charge in [0.15, 0.2) is 16.6 Å². The van der Waals surface area contributed by atoms with Crippen LogP contribution in [-0.4, -0.2) is 59.1 Å². The Kier molecular flexibility index (Phi) is 26.0. The van der Waals surface area contributed by atoms with Gasteiger partial charge in [0, 0.05) is 13.1 Å². The first-order chi connectivity index (χ1) is 21.5. The Morgan fingerprint density at radius 3 is 1.13 bits per heavy atom. The fourth-order valence-electron chi connectivity index (χ4n) is 5.85. The standard InChI is InChI=1S/C40H87NO2SSi2/c1-13-15-17-19-21-23-25-27-31-37(42-45(9,10)39(3,4)5)35-41(33-29-30-34-44)36-38(43-46(11,12)40(6,7)8)32-28-26-24-22-20-18-16-14-2/h37-38,44H,13-36H2,1-12H3. The van der Waals surface area contributed by atoms with Gasteiger partial charge in [-0.1, -0.05) is 158 Å². The lowest BCUT2D eigenvalue weighted by Gasteiger charge is -2.42. The summed E-state index contributed by atoms with van der Waals surface area (Å²) in [6.45, 7) is 32.0. The lowest BCUT2D eigenvalue weighted by atomic mass is 10.0. The largest absolute Gasteiger partial charge is 0.413 e. The van der Waals surface area contributed by atoms with Gasteiger partial charge in [0.05, 0.1) is 12.2 Å². The molecular weight excluding hydrogens is 615 g/mol. The van der Waals surface area contributed by atoms with Crippen LogP contribution in [0.2, 0.25) is 36.3 Å². The van der Waals surface area contributed by atoms with Crippen LogP contribution in [0, 0.1) is 0 Å². The van der Waals surface area contributed by atoms with Crippen molar-refractivity contribution < 1.29 is 8.85 Å². The summed E-state index contributed by atoms with van der Waals surface area (Å²) in [7, 11) is -3.74. The van der Waals surface area contributed by atoms with Crippen LogP contribution in [0.4, 0.5) is 0 Å². The van der Waals surface area contributed by atoms with Crippen LogP contribution in [0.15, 0.2) is 0 Å². The zero-order valence-electron chi connectivity index (χ0n) is 33.8. The fourth-order valence-corrected chi connectivity index (χ4v) is 8.84. The van der Waals surface area contributed by atoms with Gasteiger partial charge in [-0.05, 0) is 74.2 Å². The fraction of sp³-hybridized carbons (Fsp3) is 1.00. The summed E-state index contributed by atoms with van der Waals surface area (Å²) in [6, 6.07) is 0. The molecule has 6 heteroatoms. The maximum Gasteiger partial charge on any atom is 0.192 e. The molecule has 0 aliphatic carbocycles. The van der Waals surface area contributed by atoms with Gasteiger partial charge in [0.2, 0.25) is 0 Å². The normalized spacial score (nSPS) is 14.7. The maximum atomic E-state index is 7.24. The van der Waals surface area contributed by atoms with E-state index in [4.69, 9.17) is 8.85 Å². The predicted octanol–water partition coefficient (Wildman–Crippen LogP) is 13.8. The van der Waals surface area contributed by atoms with E-state index in [1.807, 2.05) is 0 Å². The minimum Gasteiger partial charge on any atom is -0.413 e. The second-order valence-electron chi connectivity index (χ2n) is 17.7. The number of rotatable bonds is 30. The molecule has 0 aliphatic heterocycles. The third-order valence-corrected chi connectivity index (χ3v) is 20.5. The van der Waals surface area contributed by atoms with Gasteiger partial charge in [-0.2, -0.15) is 12.6 Å². The summed E-state index contributed by atoms with van der Waals surface area (Å²) in [5.74, 6) is 0.970. The van der Waals surface area contributed by atoms with E-state index in [9.17, 15) is 0 Å². The van der Waals surface area contributed by atoms with Gasteiger partial charge >= 0.3 is 0 Å². The average molecular weight is 702 g/mol. The quantitative estimate of drug-likeness (QED) is 0.0458. The molecule has 0 amide bonds. The summed E-state index contributed by atoms with van der Waals surface area (Å²) in [6.07, 6.45) is 27.3. The Labute approximate surface area is 299 Å². The van der Waals surface area contributed by atoms with Crippen LogP contribution < -0.4 is 0 Å². The Hall–Kier alpha value is 0.664. The molecule has 0 saturated heterocycles. The Balaban J connectivity index is 5.71. The van der Waals surface area contributed by atoms with Gasteiger partial charge in [0.25, 0.3) is 0 Å². The number of hydrogen-bond acceptors (Lipinski definition) is 4. The minimum absolute atomic E-state index is 0.228. The van der Waals surface area contributed by atoms with E-state index >= 15 is 0 Å². The van der Waals surface area contributed by atoms with Crippen molar-refractivity contribution in [2.24, 2.45) is 0 Å². The zero-order valence-corrected chi connectivity index (χ0v) is 36.7. The molecule has 0 spiro atoms. The van der Waals surface area contributed by atoms with Crippen molar-refractivity contribution in [1.29, 1.82) is 0 Å². The molecule has 0 radical (unpaired) electrons. The highest BCUT2D eigenvalue weighted by Gasteiger charge is 2.41. The summed E-state index contributed by atoms with van der Waals surface area (Å²) in [4.78, 5) is 2.76. The number of hydrogen-bond donors (Lipinski definition) is 1. The van der Waals surface area contributed by atoms with E-state index in [0.29, 0.717) is 12.2 Å². The molecule has 46 heavy (non-hydrogen) atoms. The van der Waals surface area contributed by atoms with Crippen LogP contribution in [-0.2, 0) is 8.85 Å². The second kappa shape index (κ2) is 25.6. The molecule has 0 aliphatic rings. The molecule has 278 valence electrons. The minimum atomic E-state index is -1.87. The van der Waals surface area contributed by atoms with Gasteiger partial charge < -0.3 is 8.85 Å². The van der Waals surface area contributed by atoms with Crippen molar-refractivity contribution in [3.8, 4) is 0 Å². The molecule has 0 aromatic rings. The predicted molar refractivity (Wildman–Crippen MR) is 218 cm³/mol. The van der Waals surface area contributed by atoms with E-state index in [2.05, 4.69) is 99.1 Å². The van der Waals surface area contributed by atoms with Crippen LogP contribution >= 0.6 is 12.6 Å². The highest BCUT2D eigenvalue weighted by molar-refractivity contribution is 7.80. The molecular formula is C40H87NO2SSi2. The third kappa shape index (κ3) is 22.4. The van der Waals surface area contributed by atoms with Gasteiger partial charge in [-0.15, -0.1) is 0 Å². The van der Waals surface area contributed by atoms with Gasteiger partial charge in [-0.3, -0.25) is 4.90 Å². The average Bonchev–Trinajstić information content (AvgIpc) is 2.94. The van der Waals surface area contributed by atoms with E-state index in [0.717, 1.165) is 25.4 Å². The Morgan fingerprint density at radius 1 is 0.500 bits per heavy atom. The molecule has 3 nitrogen and oxygen atoms in total. The smallest absolute Gasteiger partial charge is 0.192 e. The molecule has 0 aromatic carbocycles. The van der Waals surface area contributed by atoms with E-state index in [-0.39, 0.29) is 10.1 Å². The van der Waals surface area contributed by atoms with Crippen LogP contribution in [0.25, 0.3) is 0 Å². The van der Waals surface area contributed by atoms with E-state index in [1.54, 1.807) is 0 Å². The van der Waals surface area contributed by atoms with Crippen molar-refractivity contribution in [3.05, 3.63) is 0 Å².